The largest absolute Gasteiger partial charge is 0.493 e. The van der Waals surface area contributed by atoms with Gasteiger partial charge in [-0.15, -0.1) is 0 Å². The van der Waals surface area contributed by atoms with Crippen LogP contribution in [0.5, 0.6) is 11.5 Å². The summed E-state index contributed by atoms with van der Waals surface area (Å²) in [6.07, 6.45) is 1.52. The second kappa shape index (κ2) is 9.96. The van der Waals surface area contributed by atoms with Gasteiger partial charge in [0.15, 0.2) is 11.5 Å². The van der Waals surface area contributed by atoms with Crippen molar-refractivity contribution in [2.75, 3.05) is 7.11 Å². The average Bonchev–Trinajstić information content (AvgIpc) is 2.73. The Hall–Kier alpha value is -3.02. The van der Waals surface area contributed by atoms with Crippen LogP contribution in [0.1, 0.15) is 21.5 Å². The number of ether oxygens (including phenoxy) is 2. The van der Waals surface area contributed by atoms with E-state index in [-0.39, 0.29) is 5.91 Å². The fourth-order valence-corrected chi connectivity index (χ4v) is 2.80. The van der Waals surface area contributed by atoms with E-state index < -0.39 is 0 Å². The van der Waals surface area contributed by atoms with Gasteiger partial charge in [0, 0.05) is 15.6 Å². The maximum absolute atomic E-state index is 12.1. The van der Waals surface area contributed by atoms with Crippen molar-refractivity contribution in [3.8, 4) is 11.5 Å². The van der Waals surface area contributed by atoms with Crippen LogP contribution in [0.15, 0.2) is 71.8 Å². The molecule has 0 saturated heterocycles. The lowest BCUT2D eigenvalue weighted by Gasteiger charge is -2.11. The van der Waals surface area contributed by atoms with Crippen LogP contribution in [0.4, 0.5) is 0 Å². The topological polar surface area (TPSA) is 59.9 Å². The average molecular weight is 429 g/mol. The van der Waals surface area contributed by atoms with Crippen LogP contribution in [-0.2, 0) is 6.61 Å². The molecule has 0 aliphatic heterocycles. The summed E-state index contributed by atoms with van der Waals surface area (Å²) < 4.78 is 11.2. The van der Waals surface area contributed by atoms with Crippen LogP contribution in [0, 0.1) is 0 Å². The maximum atomic E-state index is 12.1. The summed E-state index contributed by atoms with van der Waals surface area (Å²) in [5.74, 6) is 0.808. The molecule has 0 bridgehead atoms. The maximum Gasteiger partial charge on any atom is 0.271 e. The zero-order valence-corrected chi connectivity index (χ0v) is 17.1. The van der Waals surface area contributed by atoms with Gasteiger partial charge in [-0.25, -0.2) is 5.43 Å². The molecule has 0 heterocycles. The molecule has 0 spiro atoms. The molecule has 5 nitrogen and oxygen atoms in total. The molecule has 29 heavy (non-hydrogen) atoms. The first-order valence-corrected chi connectivity index (χ1v) is 9.45. The van der Waals surface area contributed by atoms with Gasteiger partial charge in [0.2, 0.25) is 0 Å². The zero-order chi connectivity index (χ0) is 20.6. The Morgan fingerprint density at radius 3 is 2.52 bits per heavy atom. The van der Waals surface area contributed by atoms with Gasteiger partial charge in [-0.2, -0.15) is 5.10 Å². The summed E-state index contributed by atoms with van der Waals surface area (Å²) in [6, 6.07) is 19.4. The highest BCUT2D eigenvalue weighted by Crippen LogP contribution is 2.28. The second-order valence-corrected chi connectivity index (χ2v) is 6.91. The van der Waals surface area contributed by atoms with E-state index >= 15 is 0 Å². The van der Waals surface area contributed by atoms with Crippen LogP contribution in [0.2, 0.25) is 10.0 Å². The fourth-order valence-electron chi connectivity index (χ4n) is 2.49. The monoisotopic (exact) mass is 428 g/mol. The van der Waals surface area contributed by atoms with Crippen molar-refractivity contribution in [3.05, 3.63) is 93.5 Å². The Labute approximate surface area is 178 Å². The molecule has 148 valence electrons. The van der Waals surface area contributed by atoms with E-state index in [9.17, 15) is 4.79 Å². The summed E-state index contributed by atoms with van der Waals surface area (Å²) >= 11 is 11.8. The van der Waals surface area contributed by atoms with E-state index in [1.165, 1.54) is 6.21 Å². The van der Waals surface area contributed by atoms with Gasteiger partial charge >= 0.3 is 0 Å². The van der Waals surface area contributed by atoms with E-state index in [1.807, 2.05) is 30.3 Å². The lowest BCUT2D eigenvalue weighted by Crippen LogP contribution is -2.17. The molecule has 0 aromatic heterocycles. The van der Waals surface area contributed by atoms with Crippen molar-refractivity contribution in [1.29, 1.82) is 0 Å². The number of methoxy groups -OCH3 is 1. The number of rotatable bonds is 7. The van der Waals surface area contributed by atoms with Crippen molar-refractivity contribution < 1.29 is 14.3 Å². The van der Waals surface area contributed by atoms with E-state index in [2.05, 4.69) is 10.5 Å². The van der Waals surface area contributed by atoms with Crippen LogP contribution in [-0.4, -0.2) is 19.2 Å². The number of amides is 1. The first-order valence-electron chi connectivity index (χ1n) is 8.69. The van der Waals surface area contributed by atoms with Gasteiger partial charge in [0.25, 0.3) is 5.91 Å². The van der Waals surface area contributed by atoms with Crippen molar-refractivity contribution in [1.82, 2.24) is 5.43 Å². The Kier molecular flexibility index (Phi) is 7.11. The predicted octanol–water partition coefficient (Wildman–Crippen LogP) is 5.34. The third-order valence-electron chi connectivity index (χ3n) is 3.96. The number of nitrogens with one attached hydrogen (secondary N) is 1. The molecular weight excluding hydrogens is 411 g/mol. The highest BCUT2D eigenvalue weighted by molar-refractivity contribution is 6.31. The Morgan fingerprint density at radius 1 is 1.00 bits per heavy atom. The van der Waals surface area contributed by atoms with E-state index in [0.717, 1.165) is 11.1 Å². The van der Waals surface area contributed by atoms with Gasteiger partial charge < -0.3 is 9.47 Å². The molecule has 0 aliphatic rings. The first kappa shape index (κ1) is 20.7. The van der Waals surface area contributed by atoms with Gasteiger partial charge in [-0.3, -0.25) is 4.79 Å². The molecule has 0 unspecified atom stereocenters. The van der Waals surface area contributed by atoms with Gasteiger partial charge in [-0.05, 0) is 59.7 Å². The molecule has 0 radical (unpaired) electrons. The van der Waals surface area contributed by atoms with Crippen molar-refractivity contribution in [2.45, 2.75) is 6.61 Å². The molecule has 0 aliphatic carbocycles. The van der Waals surface area contributed by atoms with Crippen LogP contribution >= 0.6 is 23.2 Å². The summed E-state index contributed by atoms with van der Waals surface area (Å²) in [5, 5.41) is 5.15. The Bertz CT molecular complexity index is 1020. The van der Waals surface area contributed by atoms with Crippen molar-refractivity contribution in [3.63, 3.8) is 0 Å². The number of benzene rings is 3. The SMILES string of the molecule is COc1ccc(/C=N\NC(=O)c2cccc(Cl)c2)cc1OCc1ccc(Cl)cc1. The molecule has 1 amide bonds. The van der Waals surface area contributed by atoms with Crippen molar-refractivity contribution in [2.24, 2.45) is 5.10 Å². The number of hydrogen-bond acceptors (Lipinski definition) is 4. The third-order valence-corrected chi connectivity index (χ3v) is 4.45. The van der Waals surface area contributed by atoms with Crippen LogP contribution in [0.3, 0.4) is 0 Å². The van der Waals surface area contributed by atoms with Crippen molar-refractivity contribution >= 4 is 35.3 Å². The normalized spacial score (nSPS) is 10.7. The predicted molar refractivity (Wildman–Crippen MR) is 115 cm³/mol. The third kappa shape index (κ3) is 5.98. The van der Waals surface area contributed by atoms with Gasteiger partial charge in [0.1, 0.15) is 6.61 Å². The highest BCUT2D eigenvalue weighted by Gasteiger charge is 2.07. The summed E-state index contributed by atoms with van der Waals surface area (Å²) in [7, 11) is 1.57. The number of nitrogens with zero attached hydrogens (tertiary/aromatic N) is 1. The quantitative estimate of drug-likeness (QED) is 0.407. The molecule has 3 rings (SSSR count). The molecule has 0 atom stereocenters. The minimum Gasteiger partial charge on any atom is -0.493 e. The number of halogens is 2. The van der Waals surface area contributed by atoms with Crippen LogP contribution < -0.4 is 14.9 Å². The summed E-state index contributed by atoms with van der Waals surface area (Å²) in [6.45, 7) is 0.361. The fraction of sp³-hybridized carbons (Fsp3) is 0.0909. The number of hydrogen-bond donors (Lipinski definition) is 1. The van der Waals surface area contributed by atoms with Gasteiger partial charge in [-0.1, -0.05) is 41.4 Å². The Morgan fingerprint density at radius 2 is 1.79 bits per heavy atom. The zero-order valence-electron chi connectivity index (χ0n) is 15.6. The first-order chi connectivity index (χ1) is 14.0. The smallest absolute Gasteiger partial charge is 0.271 e. The molecule has 0 saturated carbocycles. The Balaban J connectivity index is 1.66. The van der Waals surface area contributed by atoms with Gasteiger partial charge in [0.05, 0.1) is 13.3 Å². The van der Waals surface area contributed by atoms with Crippen LogP contribution in [0.25, 0.3) is 0 Å². The second-order valence-electron chi connectivity index (χ2n) is 6.03. The lowest BCUT2D eigenvalue weighted by molar-refractivity contribution is 0.0955. The minimum absolute atomic E-state index is 0.350. The standard InChI is InChI=1S/C22H18Cl2N2O3/c1-28-20-10-7-16(11-21(20)29-14-15-5-8-18(23)9-6-15)13-25-26-22(27)17-3-2-4-19(24)12-17/h2-13H,14H2,1H3,(H,26,27)/b25-13-. The lowest BCUT2D eigenvalue weighted by atomic mass is 10.2. The minimum atomic E-state index is -0.350. The molecule has 1 N–H and O–H groups in total. The molecule has 7 heteroatoms. The summed E-state index contributed by atoms with van der Waals surface area (Å²) in [5.41, 5.74) is 4.62. The highest BCUT2D eigenvalue weighted by atomic mass is 35.5. The molecule has 3 aromatic carbocycles. The van der Waals surface area contributed by atoms with E-state index in [0.29, 0.717) is 33.7 Å². The number of carbonyl (C=O) groups is 1. The molecular formula is C22H18Cl2N2O3. The number of hydrazone groups is 1. The van der Waals surface area contributed by atoms with E-state index in [4.69, 9.17) is 32.7 Å². The molecule has 0 fully saturated rings. The summed E-state index contributed by atoms with van der Waals surface area (Å²) in [4.78, 5) is 12.1. The molecule has 3 aromatic rings. The number of carbonyl (C=O) groups excluding carboxylic acids is 1. The van der Waals surface area contributed by atoms with E-state index in [1.54, 1.807) is 43.5 Å².